The monoisotopic (exact) mass is 505 g/mol. The molecule has 1 amide bonds. The molecule has 3 aromatic rings. The van der Waals surface area contributed by atoms with E-state index in [9.17, 15) is 13.9 Å². The van der Waals surface area contributed by atoms with Crippen LogP contribution in [0.1, 0.15) is 34.8 Å². The number of nitrogens with zero attached hydrogens (tertiary/aromatic N) is 4. The minimum absolute atomic E-state index is 0.217. The second kappa shape index (κ2) is 7.49. The molecule has 0 radical (unpaired) electrons. The molecule has 2 fully saturated rings. The van der Waals surface area contributed by atoms with Gasteiger partial charge in [-0.2, -0.15) is 9.40 Å². The molecule has 1 saturated carbocycles. The number of carbonyl (C=O) groups is 1. The number of amides is 1. The first-order chi connectivity index (χ1) is 14.8. The molecule has 1 aliphatic carbocycles. The number of rotatable bonds is 4. The number of anilines is 1. The van der Waals surface area contributed by atoms with Crippen molar-refractivity contribution < 1.29 is 13.9 Å². The van der Waals surface area contributed by atoms with Gasteiger partial charge in [0, 0.05) is 30.5 Å². The van der Waals surface area contributed by atoms with Crippen LogP contribution in [0.15, 0.2) is 40.9 Å². The van der Waals surface area contributed by atoms with Gasteiger partial charge in [-0.15, -0.1) is 0 Å². The number of fused-ring (bicyclic) bond motifs is 1. The molecule has 2 heterocycles. The molecule has 0 bridgehead atoms. The van der Waals surface area contributed by atoms with Crippen LogP contribution in [0, 0.1) is 0 Å². The molecule has 0 atom stereocenters. The number of aromatic nitrogens is 2. The number of halogens is 1. The molecule has 1 aliphatic heterocycles. The van der Waals surface area contributed by atoms with Crippen LogP contribution in [0.4, 0.5) is 5.69 Å². The second-order valence-corrected chi connectivity index (χ2v) is 10.9. The Morgan fingerprint density at radius 3 is 2.48 bits per heavy atom. The molecule has 31 heavy (non-hydrogen) atoms. The van der Waals surface area contributed by atoms with Crippen LogP contribution in [-0.2, 0) is 0 Å². The minimum atomic E-state index is -3.05. The number of nitrogens with one attached hydrogen (secondary N) is 1. The van der Waals surface area contributed by atoms with Gasteiger partial charge in [0.2, 0.25) is 0 Å². The van der Waals surface area contributed by atoms with Crippen molar-refractivity contribution in [2.24, 2.45) is 0 Å². The lowest BCUT2D eigenvalue weighted by Gasteiger charge is -2.42. The Hall–Kier alpha value is -2.11. The molecular formula is C21H24BrN5O3S. The Kier molecular flexibility index (Phi) is 5.02. The molecule has 0 spiro atoms. The van der Waals surface area contributed by atoms with Crippen LogP contribution >= 0.6 is 26.9 Å². The number of hydrogen-bond acceptors (Lipinski definition) is 6. The maximum atomic E-state index is 12.9. The largest absolute Gasteiger partial charge is 0.354 e. The van der Waals surface area contributed by atoms with Gasteiger partial charge in [0.05, 0.1) is 23.4 Å². The third-order valence-electron chi connectivity index (χ3n) is 5.95. The molecule has 1 aromatic heterocycles. The van der Waals surface area contributed by atoms with Crippen molar-refractivity contribution in [3.05, 3.63) is 52.1 Å². The van der Waals surface area contributed by atoms with Crippen molar-refractivity contribution >= 4 is 49.4 Å². The summed E-state index contributed by atoms with van der Waals surface area (Å²) in [4.78, 5) is 12.9. The summed E-state index contributed by atoms with van der Waals surface area (Å²) in [7, 11) is 0.279. The third kappa shape index (κ3) is 3.42. The van der Waals surface area contributed by atoms with E-state index >= 15 is 0 Å². The van der Waals surface area contributed by atoms with Crippen LogP contribution in [0.3, 0.4) is 0 Å². The van der Waals surface area contributed by atoms with Crippen LogP contribution in [0.5, 0.6) is 0 Å². The molecule has 10 heteroatoms. The molecular weight excluding hydrogens is 482 g/mol. The van der Waals surface area contributed by atoms with Gasteiger partial charge in [-0.1, -0.05) is 26.9 Å². The zero-order valence-corrected chi connectivity index (χ0v) is 19.7. The molecule has 8 nitrogen and oxygen atoms in total. The van der Waals surface area contributed by atoms with E-state index in [-0.39, 0.29) is 5.91 Å². The molecule has 1 saturated heterocycles. The van der Waals surface area contributed by atoms with Crippen molar-refractivity contribution in [2.75, 3.05) is 31.5 Å². The summed E-state index contributed by atoms with van der Waals surface area (Å²) < 4.78 is 27.4. The van der Waals surface area contributed by atoms with Crippen LogP contribution in [0.25, 0.3) is 16.6 Å². The van der Waals surface area contributed by atoms with E-state index in [1.807, 2.05) is 36.4 Å². The van der Waals surface area contributed by atoms with E-state index < -0.39 is 11.0 Å². The zero-order chi connectivity index (χ0) is 21.9. The lowest BCUT2D eigenvalue weighted by Crippen LogP contribution is -2.27. The fourth-order valence-corrected chi connectivity index (χ4v) is 5.75. The summed E-state index contributed by atoms with van der Waals surface area (Å²) in [6.45, 7) is 1.10. The summed E-state index contributed by atoms with van der Waals surface area (Å²) in [6, 6.07) is 11.5. The highest BCUT2D eigenvalue weighted by Crippen LogP contribution is 2.56. The molecule has 5 rings (SSSR count). The van der Waals surface area contributed by atoms with Crippen molar-refractivity contribution in [1.29, 1.82) is 0 Å². The highest BCUT2D eigenvalue weighted by Gasteiger charge is 2.39. The van der Waals surface area contributed by atoms with E-state index in [1.54, 1.807) is 27.4 Å². The van der Waals surface area contributed by atoms with Crippen molar-refractivity contribution in [3.63, 3.8) is 0 Å². The Balaban J connectivity index is 1.74. The van der Waals surface area contributed by atoms with Gasteiger partial charge >= 0.3 is 0 Å². The quantitative estimate of drug-likeness (QED) is 0.487. The van der Waals surface area contributed by atoms with Crippen LogP contribution in [0.2, 0.25) is 0 Å². The predicted molar refractivity (Wildman–Crippen MR) is 127 cm³/mol. The van der Waals surface area contributed by atoms with Crippen molar-refractivity contribution in [2.45, 2.75) is 18.8 Å². The average Bonchev–Trinajstić information content (AvgIpc) is 3.47. The standard InChI is InChI=1S/C21H24BrN5O3S/c1-23-21(28)20-17-11-16(13-3-4-13)19(26-10-9-25(2)31(26,29)30)12-18(17)24-27(20)15-7-5-14(22)6-8-15/h5-8,11-13,29-30H,3-4,9-10H2,1-2H3,(H,23,28). The highest BCUT2D eigenvalue weighted by molar-refractivity contribution is 9.10. The van der Waals surface area contributed by atoms with Crippen LogP contribution < -0.4 is 9.62 Å². The summed E-state index contributed by atoms with van der Waals surface area (Å²) in [5, 5.41) is 8.24. The first kappa shape index (κ1) is 20.8. The number of carbonyl (C=O) groups excluding carboxylic acids is 1. The van der Waals surface area contributed by atoms with Gasteiger partial charge in [-0.05, 0) is 60.7 Å². The van der Waals surface area contributed by atoms with Gasteiger partial charge in [0.15, 0.2) is 0 Å². The van der Waals surface area contributed by atoms with Crippen LogP contribution in [-0.4, -0.2) is 56.3 Å². The number of hydrogen-bond donors (Lipinski definition) is 3. The zero-order valence-electron chi connectivity index (χ0n) is 17.2. The minimum Gasteiger partial charge on any atom is -0.354 e. The van der Waals surface area contributed by atoms with Crippen molar-refractivity contribution in [1.82, 2.24) is 19.4 Å². The first-order valence-electron chi connectivity index (χ1n) is 10.1. The molecule has 2 aliphatic rings. The summed E-state index contributed by atoms with van der Waals surface area (Å²) in [6.07, 6.45) is 2.11. The predicted octanol–water partition coefficient (Wildman–Crippen LogP) is 4.36. The second-order valence-electron chi connectivity index (χ2n) is 7.96. The summed E-state index contributed by atoms with van der Waals surface area (Å²) in [5.41, 5.74) is 3.73. The Bertz CT molecular complexity index is 1180. The van der Waals surface area contributed by atoms with Gasteiger partial charge in [-0.25, -0.2) is 4.68 Å². The summed E-state index contributed by atoms with van der Waals surface area (Å²) >= 11 is 3.45. The normalized spacial score (nSPS) is 19.7. The summed E-state index contributed by atoms with van der Waals surface area (Å²) in [5.74, 6) is 0.138. The fraction of sp³-hybridized carbons (Fsp3) is 0.333. The SMILES string of the molecule is CNC(=O)c1c2cc(C3CC3)c(N3CCN(C)S3(O)O)cc2nn1-c1ccc(Br)cc1. The van der Waals surface area contributed by atoms with Crippen molar-refractivity contribution in [3.8, 4) is 5.69 Å². The van der Waals surface area contributed by atoms with E-state index in [4.69, 9.17) is 5.10 Å². The Morgan fingerprint density at radius 1 is 1.19 bits per heavy atom. The maximum absolute atomic E-state index is 12.9. The highest BCUT2D eigenvalue weighted by atomic mass is 79.9. The molecule has 3 N–H and O–H groups in total. The topological polar surface area (TPSA) is 93.9 Å². The van der Waals surface area contributed by atoms with E-state index in [2.05, 4.69) is 21.2 Å². The van der Waals surface area contributed by atoms with Gasteiger partial charge in [0.25, 0.3) is 5.91 Å². The first-order valence-corrected chi connectivity index (χ1v) is 12.4. The molecule has 2 aromatic carbocycles. The lowest BCUT2D eigenvalue weighted by atomic mass is 10.0. The van der Waals surface area contributed by atoms with Gasteiger partial charge in [0.1, 0.15) is 5.69 Å². The van der Waals surface area contributed by atoms with E-state index in [1.165, 1.54) is 0 Å². The Labute approximate surface area is 190 Å². The molecule has 164 valence electrons. The third-order valence-corrected chi connectivity index (χ3v) is 8.47. The fourth-order valence-electron chi connectivity index (χ4n) is 4.08. The maximum Gasteiger partial charge on any atom is 0.270 e. The van der Waals surface area contributed by atoms with E-state index in [0.29, 0.717) is 30.2 Å². The molecule has 0 unspecified atom stereocenters. The van der Waals surface area contributed by atoms with Gasteiger partial charge < -0.3 is 5.32 Å². The van der Waals surface area contributed by atoms with E-state index in [0.717, 1.165) is 39.6 Å². The lowest BCUT2D eigenvalue weighted by molar-refractivity contribution is 0.0957. The smallest absolute Gasteiger partial charge is 0.270 e. The average molecular weight is 506 g/mol. The van der Waals surface area contributed by atoms with Gasteiger partial charge in [-0.3, -0.25) is 18.2 Å². The Morgan fingerprint density at radius 2 is 1.90 bits per heavy atom. The number of benzene rings is 2. The number of likely N-dealkylation sites (N-methyl/N-ethyl adjacent to an activating group) is 1.